The number of nitrogens with two attached hydrogens (primary N) is 1. The second-order valence-corrected chi connectivity index (χ2v) is 5.69. The zero-order valence-corrected chi connectivity index (χ0v) is 12.6. The van der Waals surface area contributed by atoms with Crippen LogP contribution in [0.1, 0.15) is 0 Å². The smallest absolute Gasteiger partial charge is 0.237 e. The molecule has 0 fully saturated rings. The molecule has 20 heavy (non-hydrogen) atoms. The highest BCUT2D eigenvalue weighted by molar-refractivity contribution is 8.00. The van der Waals surface area contributed by atoms with Crippen LogP contribution in [-0.2, 0) is 4.79 Å². The molecule has 5 heteroatoms. The maximum atomic E-state index is 12.1. The van der Waals surface area contributed by atoms with Crippen molar-refractivity contribution in [3.8, 4) is 0 Å². The Bertz CT molecular complexity index is 601. The van der Waals surface area contributed by atoms with Crippen LogP contribution in [0.5, 0.6) is 0 Å². The Hall–Kier alpha value is -1.65. The minimum atomic E-state index is 0.0136. The van der Waals surface area contributed by atoms with E-state index in [1.165, 1.54) is 11.8 Å². The molecule has 0 aliphatic rings. The van der Waals surface area contributed by atoms with Crippen molar-refractivity contribution < 1.29 is 4.79 Å². The zero-order chi connectivity index (χ0) is 14.5. The van der Waals surface area contributed by atoms with E-state index < -0.39 is 0 Å². The van der Waals surface area contributed by atoms with Crippen molar-refractivity contribution in [2.24, 2.45) is 0 Å². The zero-order valence-electron chi connectivity index (χ0n) is 11.0. The SMILES string of the molecule is CN(C(=O)CSc1ccccc1Cl)c1ccc(N)cc1. The Kier molecular flexibility index (Phi) is 4.93. The molecule has 2 aromatic carbocycles. The lowest BCUT2D eigenvalue weighted by atomic mass is 10.2. The first kappa shape index (κ1) is 14.8. The number of carbonyl (C=O) groups is 1. The summed E-state index contributed by atoms with van der Waals surface area (Å²) in [7, 11) is 1.75. The number of hydrogen-bond donors (Lipinski definition) is 1. The van der Waals surface area contributed by atoms with Crippen molar-refractivity contribution in [3.05, 3.63) is 53.6 Å². The van der Waals surface area contributed by atoms with E-state index in [2.05, 4.69) is 0 Å². The average Bonchev–Trinajstić information content (AvgIpc) is 2.46. The maximum Gasteiger partial charge on any atom is 0.237 e. The van der Waals surface area contributed by atoms with E-state index in [0.717, 1.165) is 10.6 Å². The molecular formula is C15H15ClN2OS. The fourth-order valence-electron chi connectivity index (χ4n) is 1.64. The number of nitrogen functional groups attached to an aromatic ring is 1. The van der Waals surface area contributed by atoms with Crippen LogP contribution >= 0.6 is 23.4 Å². The molecule has 0 saturated carbocycles. The van der Waals surface area contributed by atoms with E-state index in [4.69, 9.17) is 17.3 Å². The third-order valence-corrected chi connectivity index (χ3v) is 4.34. The number of benzene rings is 2. The van der Waals surface area contributed by atoms with E-state index in [9.17, 15) is 4.79 Å². The number of amides is 1. The number of halogens is 1. The molecule has 104 valence electrons. The van der Waals surface area contributed by atoms with E-state index in [1.54, 1.807) is 24.1 Å². The highest BCUT2D eigenvalue weighted by Crippen LogP contribution is 2.27. The first-order chi connectivity index (χ1) is 9.58. The Balaban J connectivity index is 1.98. The first-order valence-electron chi connectivity index (χ1n) is 6.07. The second-order valence-electron chi connectivity index (χ2n) is 4.26. The maximum absolute atomic E-state index is 12.1. The third-order valence-electron chi connectivity index (χ3n) is 2.84. The minimum absolute atomic E-state index is 0.0136. The second kappa shape index (κ2) is 6.68. The topological polar surface area (TPSA) is 46.3 Å². The van der Waals surface area contributed by atoms with Gasteiger partial charge in [-0.15, -0.1) is 11.8 Å². The van der Waals surface area contributed by atoms with E-state index in [1.807, 2.05) is 36.4 Å². The van der Waals surface area contributed by atoms with Gasteiger partial charge in [0, 0.05) is 23.3 Å². The van der Waals surface area contributed by atoms with Gasteiger partial charge in [-0.05, 0) is 36.4 Å². The molecule has 2 N–H and O–H groups in total. The van der Waals surface area contributed by atoms with Crippen LogP contribution in [0.3, 0.4) is 0 Å². The van der Waals surface area contributed by atoms with Gasteiger partial charge in [0.05, 0.1) is 10.8 Å². The quantitative estimate of drug-likeness (QED) is 0.692. The van der Waals surface area contributed by atoms with Crippen molar-refractivity contribution in [2.45, 2.75) is 4.90 Å². The summed E-state index contributed by atoms with van der Waals surface area (Å²) < 4.78 is 0. The number of thioether (sulfide) groups is 1. The molecule has 1 amide bonds. The van der Waals surface area contributed by atoms with Gasteiger partial charge in [0.25, 0.3) is 0 Å². The Morgan fingerprint density at radius 1 is 1.20 bits per heavy atom. The molecule has 0 atom stereocenters. The fraction of sp³-hybridized carbons (Fsp3) is 0.133. The Labute approximate surface area is 127 Å². The van der Waals surface area contributed by atoms with Gasteiger partial charge >= 0.3 is 0 Å². The van der Waals surface area contributed by atoms with Crippen LogP contribution in [0.15, 0.2) is 53.4 Å². The van der Waals surface area contributed by atoms with Crippen LogP contribution in [0.25, 0.3) is 0 Å². The first-order valence-corrected chi connectivity index (χ1v) is 7.43. The number of rotatable bonds is 4. The summed E-state index contributed by atoms with van der Waals surface area (Å²) >= 11 is 7.50. The standard InChI is InChI=1S/C15H15ClN2OS/c1-18(12-8-6-11(17)7-9-12)15(19)10-20-14-5-3-2-4-13(14)16/h2-9H,10,17H2,1H3. The van der Waals surface area contributed by atoms with E-state index in [0.29, 0.717) is 16.5 Å². The lowest BCUT2D eigenvalue weighted by molar-refractivity contribution is -0.115. The average molecular weight is 307 g/mol. The van der Waals surface area contributed by atoms with Crippen LogP contribution in [0, 0.1) is 0 Å². The van der Waals surface area contributed by atoms with Crippen molar-refractivity contribution in [3.63, 3.8) is 0 Å². The van der Waals surface area contributed by atoms with Gasteiger partial charge in [-0.1, -0.05) is 23.7 Å². The summed E-state index contributed by atoms with van der Waals surface area (Å²) in [6.45, 7) is 0. The van der Waals surface area contributed by atoms with E-state index in [-0.39, 0.29) is 5.91 Å². The molecule has 0 radical (unpaired) electrons. The number of carbonyl (C=O) groups excluding carboxylic acids is 1. The molecule has 0 heterocycles. The van der Waals surface area contributed by atoms with Gasteiger partial charge in [0.2, 0.25) is 5.91 Å². The molecule has 3 nitrogen and oxygen atoms in total. The monoisotopic (exact) mass is 306 g/mol. The lowest BCUT2D eigenvalue weighted by Crippen LogP contribution is -2.27. The summed E-state index contributed by atoms with van der Waals surface area (Å²) in [4.78, 5) is 14.7. The summed E-state index contributed by atoms with van der Waals surface area (Å²) in [6, 6.07) is 14.7. The molecule has 2 rings (SSSR count). The predicted octanol–water partition coefficient (Wildman–Crippen LogP) is 3.68. The summed E-state index contributed by atoms with van der Waals surface area (Å²) in [5.74, 6) is 0.352. The van der Waals surface area contributed by atoms with Gasteiger partial charge in [-0.3, -0.25) is 4.79 Å². The van der Waals surface area contributed by atoms with Crippen LogP contribution in [0.2, 0.25) is 5.02 Å². The normalized spacial score (nSPS) is 10.3. The van der Waals surface area contributed by atoms with Gasteiger partial charge in [-0.25, -0.2) is 0 Å². The van der Waals surface area contributed by atoms with Gasteiger partial charge in [0.15, 0.2) is 0 Å². The molecule has 2 aromatic rings. The number of hydrogen-bond acceptors (Lipinski definition) is 3. The van der Waals surface area contributed by atoms with Crippen molar-refractivity contribution >= 4 is 40.6 Å². The molecule has 0 aliphatic carbocycles. The summed E-state index contributed by atoms with van der Waals surface area (Å²) in [5.41, 5.74) is 7.14. The molecule has 0 spiro atoms. The van der Waals surface area contributed by atoms with Crippen LogP contribution in [0.4, 0.5) is 11.4 Å². The predicted molar refractivity (Wildman–Crippen MR) is 86.4 cm³/mol. The largest absolute Gasteiger partial charge is 0.399 e. The van der Waals surface area contributed by atoms with Gasteiger partial charge in [0.1, 0.15) is 0 Å². The highest BCUT2D eigenvalue weighted by Gasteiger charge is 2.12. The van der Waals surface area contributed by atoms with Crippen molar-refractivity contribution in [1.82, 2.24) is 0 Å². The molecule has 0 bridgehead atoms. The fourth-order valence-corrected chi connectivity index (χ4v) is 2.79. The summed E-state index contributed by atoms with van der Waals surface area (Å²) in [6.07, 6.45) is 0. The number of anilines is 2. The van der Waals surface area contributed by atoms with Gasteiger partial charge in [-0.2, -0.15) is 0 Å². The van der Waals surface area contributed by atoms with Crippen molar-refractivity contribution in [1.29, 1.82) is 0 Å². The summed E-state index contributed by atoms with van der Waals surface area (Å²) in [5, 5.41) is 0.667. The molecule has 0 aromatic heterocycles. The van der Waals surface area contributed by atoms with Crippen LogP contribution in [-0.4, -0.2) is 18.7 Å². The van der Waals surface area contributed by atoms with E-state index >= 15 is 0 Å². The Morgan fingerprint density at radius 2 is 1.85 bits per heavy atom. The molecular weight excluding hydrogens is 292 g/mol. The molecule has 0 aliphatic heterocycles. The van der Waals surface area contributed by atoms with Crippen molar-refractivity contribution in [2.75, 3.05) is 23.4 Å². The van der Waals surface area contributed by atoms with Gasteiger partial charge < -0.3 is 10.6 Å². The van der Waals surface area contributed by atoms with Crippen LogP contribution < -0.4 is 10.6 Å². The minimum Gasteiger partial charge on any atom is -0.399 e. The molecule has 0 saturated heterocycles. The number of nitrogens with zero attached hydrogens (tertiary/aromatic N) is 1. The Morgan fingerprint density at radius 3 is 2.50 bits per heavy atom. The third kappa shape index (κ3) is 3.68. The highest BCUT2D eigenvalue weighted by atomic mass is 35.5. The molecule has 0 unspecified atom stereocenters. The lowest BCUT2D eigenvalue weighted by Gasteiger charge is -2.17.